The quantitative estimate of drug-likeness (QED) is 0.771. The van der Waals surface area contributed by atoms with Crippen LogP contribution in [0.2, 0.25) is 0 Å². The fourth-order valence-corrected chi connectivity index (χ4v) is 1.99. The first-order valence-corrected chi connectivity index (χ1v) is 6.18. The Morgan fingerprint density at radius 3 is 1.84 bits per heavy atom. The minimum Gasteiger partial charge on any atom is -0.371 e. The number of ether oxygens (including phenoxy) is 2. The summed E-state index contributed by atoms with van der Waals surface area (Å²) in [6, 6.07) is 5.24. The van der Waals surface area contributed by atoms with Gasteiger partial charge in [-0.05, 0) is 24.3 Å². The molecule has 6 heteroatoms. The van der Waals surface area contributed by atoms with Crippen LogP contribution >= 0.6 is 0 Å². The molecule has 0 radical (unpaired) electrons. The Balaban J connectivity index is 1.72. The Bertz CT molecular complexity index is 424. The van der Waals surface area contributed by atoms with Gasteiger partial charge in [0.15, 0.2) is 0 Å². The summed E-state index contributed by atoms with van der Waals surface area (Å²) in [5.74, 6) is 0. The van der Waals surface area contributed by atoms with Crippen LogP contribution in [0.25, 0.3) is 0 Å². The number of alkyl halides is 3. The summed E-state index contributed by atoms with van der Waals surface area (Å²) >= 11 is 0. The highest BCUT2D eigenvalue weighted by Gasteiger charge is 2.32. The van der Waals surface area contributed by atoms with Crippen LogP contribution in [0.5, 0.6) is 0 Å². The molecule has 2 heterocycles. The van der Waals surface area contributed by atoms with Gasteiger partial charge in [0.25, 0.3) is 0 Å². The lowest BCUT2D eigenvalue weighted by Gasteiger charge is -2.23. The summed E-state index contributed by atoms with van der Waals surface area (Å²) in [6.07, 6.45) is -3.90. The van der Waals surface area contributed by atoms with Gasteiger partial charge < -0.3 is 14.4 Å². The van der Waals surface area contributed by atoms with Crippen LogP contribution in [-0.4, -0.2) is 38.5 Å². The monoisotopic (exact) mass is 273 g/mol. The van der Waals surface area contributed by atoms with E-state index in [4.69, 9.17) is 9.47 Å². The highest BCUT2D eigenvalue weighted by Crippen LogP contribution is 2.31. The number of benzene rings is 1. The molecule has 19 heavy (non-hydrogen) atoms. The Morgan fingerprint density at radius 1 is 1.00 bits per heavy atom. The van der Waals surface area contributed by atoms with E-state index < -0.39 is 11.7 Å². The number of hydrogen-bond acceptors (Lipinski definition) is 3. The molecular formula is C13H14F3NO2. The molecule has 2 atom stereocenters. The molecule has 2 saturated heterocycles. The van der Waals surface area contributed by atoms with E-state index >= 15 is 0 Å². The topological polar surface area (TPSA) is 28.3 Å². The molecular weight excluding hydrogens is 259 g/mol. The number of nitrogens with zero attached hydrogens (tertiary/aromatic N) is 1. The van der Waals surface area contributed by atoms with E-state index in [9.17, 15) is 13.2 Å². The van der Waals surface area contributed by atoms with E-state index in [1.54, 1.807) is 0 Å². The summed E-state index contributed by atoms with van der Waals surface area (Å²) in [5, 5.41) is 0. The predicted octanol–water partition coefficient (Wildman–Crippen LogP) is 2.31. The summed E-state index contributed by atoms with van der Waals surface area (Å²) in [4.78, 5) is 2.02. The molecule has 3 rings (SSSR count). The maximum Gasteiger partial charge on any atom is 0.416 e. The zero-order valence-electron chi connectivity index (χ0n) is 10.2. The highest BCUT2D eigenvalue weighted by atomic mass is 19.4. The molecule has 0 spiro atoms. The Labute approximate surface area is 108 Å². The van der Waals surface area contributed by atoms with Gasteiger partial charge in [-0.3, -0.25) is 0 Å². The van der Waals surface area contributed by atoms with Crippen molar-refractivity contribution < 1.29 is 22.6 Å². The Morgan fingerprint density at radius 2 is 1.47 bits per heavy atom. The fraction of sp³-hybridized carbons (Fsp3) is 0.538. The molecule has 1 aromatic carbocycles. The Kier molecular flexibility index (Phi) is 3.14. The van der Waals surface area contributed by atoms with Crippen molar-refractivity contribution in [1.82, 2.24) is 0 Å². The summed E-state index contributed by atoms with van der Waals surface area (Å²) < 4.78 is 47.9. The molecule has 0 aromatic heterocycles. The van der Waals surface area contributed by atoms with E-state index in [1.807, 2.05) is 4.90 Å². The fourth-order valence-electron chi connectivity index (χ4n) is 1.99. The zero-order valence-corrected chi connectivity index (χ0v) is 10.2. The lowest BCUT2D eigenvalue weighted by Crippen LogP contribution is -2.31. The molecule has 1 aromatic rings. The van der Waals surface area contributed by atoms with Crippen molar-refractivity contribution in [3.63, 3.8) is 0 Å². The minimum atomic E-state index is -4.29. The van der Waals surface area contributed by atoms with E-state index in [2.05, 4.69) is 0 Å². The van der Waals surface area contributed by atoms with Crippen LogP contribution in [0.4, 0.5) is 18.9 Å². The van der Waals surface area contributed by atoms with Crippen molar-refractivity contribution in [2.75, 3.05) is 31.2 Å². The van der Waals surface area contributed by atoms with Crippen LogP contribution in [0.3, 0.4) is 0 Å². The standard InChI is InChI=1S/C13H14F3NO2/c14-13(15,16)9-1-3-10(4-2-9)17(5-11-7-18-11)6-12-8-19-12/h1-4,11-12H,5-8H2. The van der Waals surface area contributed by atoms with E-state index in [0.717, 1.165) is 31.0 Å². The van der Waals surface area contributed by atoms with Crippen molar-refractivity contribution in [3.8, 4) is 0 Å². The van der Waals surface area contributed by atoms with Crippen molar-refractivity contribution in [1.29, 1.82) is 0 Å². The molecule has 3 nitrogen and oxygen atoms in total. The third-order valence-corrected chi connectivity index (χ3v) is 3.21. The third-order valence-electron chi connectivity index (χ3n) is 3.21. The van der Waals surface area contributed by atoms with Crippen LogP contribution in [-0.2, 0) is 15.7 Å². The maximum atomic E-state index is 12.5. The molecule has 2 aliphatic heterocycles. The van der Waals surface area contributed by atoms with Gasteiger partial charge >= 0.3 is 6.18 Å². The van der Waals surface area contributed by atoms with Gasteiger partial charge in [0.1, 0.15) is 0 Å². The average molecular weight is 273 g/mol. The number of rotatable bonds is 5. The van der Waals surface area contributed by atoms with Crippen LogP contribution in [0, 0.1) is 0 Å². The molecule has 0 N–H and O–H groups in total. The van der Waals surface area contributed by atoms with Gasteiger partial charge in [0, 0.05) is 18.8 Å². The Hall–Kier alpha value is -1.27. The SMILES string of the molecule is FC(F)(F)c1ccc(N(CC2CO2)CC2CO2)cc1. The lowest BCUT2D eigenvalue weighted by atomic mass is 10.2. The van der Waals surface area contributed by atoms with Gasteiger partial charge in [-0.15, -0.1) is 0 Å². The van der Waals surface area contributed by atoms with Gasteiger partial charge in [-0.2, -0.15) is 13.2 Å². The minimum absolute atomic E-state index is 0.195. The van der Waals surface area contributed by atoms with Crippen LogP contribution in [0.15, 0.2) is 24.3 Å². The largest absolute Gasteiger partial charge is 0.416 e. The number of halogens is 3. The van der Waals surface area contributed by atoms with Crippen LogP contribution in [0.1, 0.15) is 5.56 Å². The van der Waals surface area contributed by atoms with Gasteiger partial charge in [-0.1, -0.05) is 0 Å². The summed E-state index contributed by atoms with van der Waals surface area (Å²) in [5.41, 5.74) is 0.153. The normalized spacial score (nSPS) is 25.2. The van der Waals surface area contributed by atoms with Gasteiger partial charge in [0.05, 0.1) is 31.0 Å². The van der Waals surface area contributed by atoms with Gasteiger partial charge in [-0.25, -0.2) is 0 Å². The van der Waals surface area contributed by atoms with E-state index in [-0.39, 0.29) is 12.2 Å². The van der Waals surface area contributed by atoms with Crippen molar-refractivity contribution >= 4 is 5.69 Å². The van der Waals surface area contributed by atoms with Crippen molar-refractivity contribution in [3.05, 3.63) is 29.8 Å². The molecule has 2 aliphatic rings. The number of hydrogen-bond donors (Lipinski definition) is 0. The molecule has 2 unspecified atom stereocenters. The summed E-state index contributed by atoms with van der Waals surface area (Å²) in [6.45, 7) is 2.85. The first kappa shape index (κ1) is 12.7. The zero-order chi connectivity index (χ0) is 13.5. The van der Waals surface area contributed by atoms with Crippen molar-refractivity contribution in [2.45, 2.75) is 18.4 Å². The van der Waals surface area contributed by atoms with Crippen molar-refractivity contribution in [2.24, 2.45) is 0 Å². The highest BCUT2D eigenvalue weighted by molar-refractivity contribution is 5.48. The lowest BCUT2D eigenvalue weighted by molar-refractivity contribution is -0.137. The first-order valence-electron chi connectivity index (χ1n) is 6.18. The number of anilines is 1. The number of epoxide rings is 2. The van der Waals surface area contributed by atoms with Gasteiger partial charge in [0.2, 0.25) is 0 Å². The molecule has 104 valence electrons. The third kappa shape index (κ3) is 3.39. The predicted molar refractivity (Wildman–Crippen MR) is 63.1 cm³/mol. The second-order valence-corrected chi connectivity index (χ2v) is 4.86. The summed E-state index contributed by atoms with van der Waals surface area (Å²) in [7, 11) is 0. The van der Waals surface area contributed by atoms with E-state index in [1.165, 1.54) is 12.1 Å². The maximum absolute atomic E-state index is 12.5. The van der Waals surface area contributed by atoms with E-state index in [0.29, 0.717) is 13.1 Å². The van der Waals surface area contributed by atoms with Crippen LogP contribution < -0.4 is 4.90 Å². The molecule has 0 saturated carbocycles. The second-order valence-electron chi connectivity index (χ2n) is 4.86. The molecule has 0 amide bonds. The molecule has 2 fully saturated rings. The second kappa shape index (κ2) is 4.68. The average Bonchev–Trinajstić information content (AvgIpc) is 3.22. The smallest absolute Gasteiger partial charge is 0.371 e. The molecule has 0 aliphatic carbocycles. The first-order chi connectivity index (χ1) is 9.02. The molecule has 0 bridgehead atoms.